The first-order valence-corrected chi connectivity index (χ1v) is 4.66. The highest BCUT2D eigenvalue weighted by Gasteiger charge is 2.48. The molecule has 0 aromatic rings. The number of nitrogens with zero attached hydrogens (tertiary/aromatic N) is 1. The van der Waals surface area contributed by atoms with Crippen molar-refractivity contribution < 1.29 is 14.3 Å². The van der Waals surface area contributed by atoms with Crippen LogP contribution in [0.3, 0.4) is 0 Å². The van der Waals surface area contributed by atoms with Gasteiger partial charge in [0.15, 0.2) is 5.78 Å². The van der Waals surface area contributed by atoms with E-state index in [9.17, 15) is 9.59 Å². The molecule has 4 nitrogen and oxygen atoms in total. The average Bonchev–Trinajstić information content (AvgIpc) is 2.60. The van der Waals surface area contributed by atoms with Gasteiger partial charge in [-0.25, -0.2) is 0 Å². The molecule has 2 aliphatic heterocycles. The Hall–Kier alpha value is -1.32. The minimum atomic E-state index is -0.929. The highest BCUT2D eigenvalue weighted by molar-refractivity contribution is 6.15. The number of allylic oxidation sites excluding steroid dienone is 1. The van der Waals surface area contributed by atoms with E-state index in [1.54, 1.807) is 25.7 Å². The number of ether oxygens (including phenoxy) is 1. The summed E-state index contributed by atoms with van der Waals surface area (Å²) < 4.78 is 5.27. The predicted octanol–water partition coefficient (Wildman–Crippen LogP) is 0.686. The van der Waals surface area contributed by atoms with E-state index in [1.165, 1.54) is 0 Å². The first-order valence-electron chi connectivity index (χ1n) is 4.66. The number of ketones is 1. The van der Waals surface area contributed by atoms with E-state index in [0.717, 1.165) is 0 Å². The van der Waals surface area contributed by atoms with Crippen LogP contribution in [0, 0.1) is 5.41 Å². The van der Waals surface area contributed by atoms with Crippen LogP contribution >= 0.6 is 0 Å². The first kappa shape index (κ1) is 9.24. The number of fused-ring (bicyclic) bond motifs is 1. The van der Waals surface area contributed by atoms with Gasteiger partial charge in [-0.1, -0.05) is 0 Å². The molecule has 0 spiro atoms. The van der Waals surface area contributed by atoms with Crippen molar-refractivity contribution >= 4 is 11.7 Å². The van der Waals surface area contributed by atoms with E-state index >= 15 is 0 Å². The normalized spacial score (nSPS) is 25.2. The van der Waals surface area contributed by atoms with Crippen molar-refractivity contribution in [2.45, 2.75) is 20.8 Å². The highest BCUT2D eigenvalue weighted by atomic mass is 16.5. The molecule has 1 amide bonds. The van der Waals surface area contributed by atoms with Gasteiger partial charge in [-0.15, -0.1) is 0 Å². The first-order chi connectivity index (χ1) is 6.46. The zero-order valence-electron chi connectivity index (χ0n) is 8.59. The third-order valence-electron chi connectivity index (χ3n) is 2.81. The maximum absolute atomic E-state index is 11.9. The van der Waals surface area contributed by atoms with Crippen LogP contribution in [0.15, 0.2) is 11.5 Å². The molecule has 0 radical (unpaired) electrons. The van der Waals surface area contributed by atoms with Crippen LogP contribution in [0.25, 0.3) is 0 Å². The maximum atomic E-state index is 11.9. The van der Waals surface area contributed by atoms with Crippen LogP contribution < -0.4 is 0 Å². The Labute approximate surface area is 82.5 Å². The van der Waals surface area contributed by atoms with E-state index in [1.807, 2.05) is 0 Å². The standard InChI is InChI=1S/C10H13NO3/c1-6-7(12)10(2,3)9(13)11-4-5-14-8(6)11/h4-5H2,1-3H3. The van der Waals surface area contributed by atoms with E-state index in [0.29, 0.717) is 24.6 Å². The summed E-state index contributed by atoms with van der Waals surface area (Å²) >= 11 is 0. The minimum Gasteiger partial charge on any atom is -0.477 e. The van der Waals surface area contributed by atoms with Gasteiger partial charge in [0.2, 0.25) is 11.8 Å². The number of hydrogen-bond acceptors (Lipinski definition) is 3. The Kier molecular flexibility index (Phi) is 1.71. The van der Waals surface area contributed by atoms with E-state index in [2.05, 4.69) is 0 Å². The highest BCUT2D eigenvalue weighted by Crippen LogP contribution is 2.35. The summed E-state index contributed by atoms with van der Waals surface area (Å²) in [6.45, 7) is 6.08. The fourth-order valence-electron chi connectivity index (χ4n) is 1.92. The lowest BCUT2D eigenvalue weighted by Crippen LogP contribution is -2.48. The van der Waals surface area contributed by atoms with Gasteiger partial charge in [0.05, 0.1) is 12.1 Å². The molecule has 4 heteroatoms. The van der Waals surface area contributed by atoms with Crippen molar-refractivity contribution in [2.24, 2.45) is 5.41 Å². The van der Waals surface area contributed by atoms with Crippen molar-refractivity contribution in [3.8, 4) is 0 Å². The molecule has 76 valence electrons. The Morgan fingerprint density at radius 3 is 2.64 bits per heavy atom. The fraction of sp³-hybridized carbons (Fsp3) is 0.600. The quantitative estimate of drug-likeness (QED) is 0.534. The van der Waals surface area contributed by atoms with Crippen LogP contribution in [0.1, 0.15) is 20.8 Å². The van der Waals surface area contributed by atoms with Gasteiger partial charge < -0.3 is 4.74 Å². The summed E-state index contributed by atoms with van der Waals surface area (Å²) in [5, 5.41) is 0. The maximum Gasteiger partial charge on any atom is 0.242 e. The van der Waals surface area contributed by atoms with E-state index in [-0.39, 0.29) is 11.7 Å². The molecule has 0 atom stereocenters. The average molecular weight is 195 g/mol. The largest absolute Gasteiger partial charge is 0.477 e. The van der Waals surface area contributed by atoms with Crippen LogP contribution in [-0.2, 0) is 14.3 Å². The summed E-state index contributed by atoms with van der Waals surface area (Å²) in [6, 6.07) is 0. The Balaban J connectivity index is 2.55. The molecule has 0 N–H and O–H groups in total. The molecule has 1 fully saturated rings. The second-order valence-electron chi connectivity index (χ2n) is 4.19. The third-order valence-corrected chi connectivity index (χ3v) is 2.81. The Morgan fingerprint density at radius 1 is 1.36 bits per heavy atom. The number of amides is 1. The van der Waals surface area contributed by atoms with Gasteiger partial charge in [-0.2, -0.15) is 0 Å². The number of Topliss-reactive ketones (excluding diaryl/α,β-unsaturated/α-hetero) is 1. The third kappa shape index (κ3) is 0.937. The molecule has 2 rings (SSSR count). The van der Waals surface area contributed by atoms with Crippen molar-refractivity contribution in [3.63, 3.8) is 0 Å². The van der Waals surface area contributed by atoms with E-state index < -0.39 is 5.41 Å². The SMILES string of the molecule is CC1=C2OCCN2C(=O)C(C)(C)C1=O. The fourth-order valence-corrected chi connectivity index (χ4v) is 1.92. The topological polar surface area (TPSA) is 46.6 Å². The summed E-state index contributed by atoms with van der Waals surface area (Å²) in [4.78, 5) is 25.3. The molecule has 2 aliphatic rings. The Morgan fingerprint density at radius 2 is 2.00 bits per heavy atom. The molecule has 0 aromatic carbocycles. The molecule has 14 heavy (non-hydrogen) atoms. The summed E-state index contributed by atoms with van der Waals surface area (Å²) in [6.07, 6.45) is 0. The molecule has 0 unspecified atom stereocenters. The van der Waals surface area contributed by atoms with Crippen LogP contribution in [-0.4, -0.2) is 29.7 Å². The molecule has 0 saturated carbocycles. The molecule has 2 heterocycles. The van der Waals surface area contributed by atoms with Crippen LogP contribution in [0.5, 0.6) is 0 Å². The van der Waals surface area contributed by atoms with Gasteiger partial charge in [-0.3, -0.25) is 14.5 Å². The van der Waals surface area contributed by atoms with Crippen molar-refractivity contribution in [1.82, 2.24) is 4.90 Å². The van der Waals surface area contributed by atoms with Crippen molar-refractivity contribution in [1.29, 1.82) is 0 Å². The van der Waals surface area contributed by atoms with Gasteiger partial charge >= 0.3 is 0 Å². The summed E-state index contributed by atoms with van der Waals surface area (Å²) in [5.41, 5.74) is -0.367. The number of rotatable bonds is 0. The van der Waals surface area contributed by atoms with Gasteiger partial charge in [0.25, 0.3) is 0 Å². The van der Waals surface area contributed by atoms with E-state index in [4.69, 9.17) is 4.74 Å². The van der Waals surface area contributed by atoms with Crippen molar-refractivity contribution in [3.05, 3.63) is 11.5 Å². The Bertz CT molecular complexity index is 354. The van der Waals surface area contributed by atoms with Gasteiger partial charge in [0, 0.05) is 0 Å². The molecular weight excluding hydrogens is 182 g/mol. The van der Waals surface area contributed by atoms with Crippen LogP contribution in [0.2, 0.25) is 0 Å². The van der Waals surface area contributed by atoms with Crippen molar-refractivity contribution in [2.75, 3.05) is 13.2 Å². The lowest BCUT2D eigenvalue weighted by molar-refractivity contribution is -0.146. The minimum absolute atomic E-state index is 0.129. The number of carbonyl (C=O) groups is 2. The molecule has 0 aromatic heterocycles. The molecule has 1 saturated heterocycles. The predicted molar refractivity (Wildman–Crippen MR) is 49.2 cm³/mol. The van der Waals surface area contributed by atoms with Gasteiger partial charge in [-0.05, 0) is 20.8 Å². The second-order valence-corrected chi connectivity index (χ2v) is 4.19. The second kappa shape index (κ2) is 2.59. The molecule has 0 bridgehead atoms. The number of carbonyl (C=O) groups excluding carboxylic acids is 2. The smallest absolute Gasteiger partial charge is 0.242 e. The summed E-state index contributed by atoms with van der Waals surface area (Å²) in [5.74, 6) is 0.176. The summed E-state index contributed by atoms with van der Waals surface area (Å²) in [7, 11) is 0. The number of hydrogen-bond donors (Lipinski definition) is 0. The zero-order valence-corrected chi connectivity index (χ0v) is 8.59. The molecule has 0 aliphatic carbocycles. The van der Waals surface area contributed by atoms with Gasteiger partial charge in [0.1, 0.15) is 12.0 Å². The monoisotopic (exact) mass is 195 g/mol. The molecular formula is C10H13NO3. The zero-order chi connectivity index (χ0) is 10.5. The lowest BCUT2D eigenvalue weighted by Gasteiger charge is -2.32. The lowest BCUT2D eigenvalue weighted by atomic mass is 9.80. The van der Waals surface area contributed by atoms with Crippen LogP contribution in [0.4, 0.5) is 0 Å².